The van der Waals surface area contributed by atoms with Crippen molar-refractivity contribution in [2.75, 3.05) is 7.11 Å². The highest BCUT2D eigenvalue weighted by atomic mass is 16.5. The van der Waals surface area contributed by atoms with Crippen LogP contribution in [0.2, 0.25) is 0 Å². The predicted molar refractivity (Wildman–Crippen MR) is 55.8 cm³/mol. The lowest BCUT2D eigenvalue weighted by Gasteiger charge is -2.25. The van der Waals surface area contributed by atoms with Gasteiger partial charge in [-0.1, -0.05) is 6.08 Å². The molecule has 1 unspecified atom stereocenters. The van der Waals surface area contributed by atoms with E-state index < -0.39 is 0 Å². The summed E-state index contributed by atoms with van der Waals surface area (Å²) in [7, 11) is 1.68. The summed E-state index contributed by atoms with van der Waals surface area (Å²) in [5, 5.41) is 9.63. The van der Waals surface area contributed by atoms with Gasteiger partial charge in [0, 0.05) is 13.5 Å². The van der Waals surface area contributed by atoms with Crippen molar-refractivity contribution in [3.05, 3.63) is 12.7 Å². The van der Waals surface area contributed by atoms with E-state index in [0.717, 1.165) is 19.3 Å². The van der Waals surface area contributed by atoms with Crippen LogP contribution in [0.25, 0.3) is 0 Å². The Labute approximate surface area is 81.6 Å². The topological polar surface area (TPSA) is 29.5 Å². The minimum atomic E-state index is -0.255. The van der Waals surface area contributed by atoms with E-state index in [2.05, 4.69) is 6.58 Å². The van der Waals surface area contributed by atoms with Crippen molar-refractivity contribution in [2.45, 2.75) is 51.2 Å². The van der Waals surface area contributed by atoms with Crippen molar-refractivity contribution in [3.8, 4) is 0 Å². The lowest BCUT2D eigenvalue weighted by molar-refractivity contribution is -0.0213. The van der Waals surface area contributed by atoms with Crippen LogP contribution in [0.3, 0.4) is 0 Å². The van der Waals surface area contributed by atoms with Crippen LogP contribution in [0.15, 0.2) is 12.7 Å². The Morgan fingerprint density at radius 1 is 1.54 bits per heavy atom. The maximum absolute atomic E-state index is 9.63. The molecule has 0 aromatic heterocycles. The summed E-state index contributed by atoms with van der Waals surface area (Å²) in [5.41, 5.74) is -0.215. The van der Waals surface area contributed by atoms with Gasteiger partial charge in [-0.05, 0) is 33.1 Å². The summed E-state index contributed by atoms with van der Waals surface area (Å²) in [6.07, 6.45) is 5.14. The first-order chi connectivity index (χ1) is 6.02. The molecule has 1 atom stereocenters. The SMILES string of the molecule is C=CCCCC(O)CC(C)(C)OC. The zero-order chi connectivity index (χ0) is 10.3. The van der Waals surface area contributed by atoms with E-state index in [-0.39, 0.29) is 11.7 Å². The number of unbranched alkanes of at least 4 members (excludes halogenated alkanes) is 1. The summed E-state index contributed by atoms with van der Waals surface area (Å²) in [5.74, 6) is 0. The van der Waals surface area contributed by atoms with E-state index in [0.29, 0.717) is 6.42 Å². The summed E-state index contributed by atoms with van der Waals surface area (Å²) >= 11 is 0. The first kappa shape index (κ1) is 12.7. The van der Waals surface area contributed by atoms with Crippen LogP contribution >= 0.6 is 0 Å². The molecule has 0 aliphatic rings. The van der Waals surface area contributed by atoms with Crippen molar-refractivity contribution in [2.24, 2.45) is 0 Å². The fraction of sp³-hybridized carbons (Fsp3) is 0.818. The molecule has 0 saturated carbocycles. The van der Waals surface area contributed by atoms with Crippen molar-refractivity contribution in [1.29, 1.82) is 0 Å². The number of allylic oxidation sites excluding steroid dienone is 1. The smallest absolute Gasteiger partial charge is 0.0647 e. The summed E-state index contributed by atoms with van der Waals surface area (Å²) in [4.78, 5) is 0. The maximum Gasteiger partial charge on any atom is 0.0647 e. The molecule has 0 rings (SSSR count). The summed E-state index contributed by atoms with van der Waals surface area (Å²) < 4.78 is 5.23. The minimum Gasteiger partial charge on any atom is -0.393 e. The van der Waals surface area contributed by atoms with Gasteiger partial charge in [0.1, 0.15) is 0 Å². The van der Waals surface area contributed by atoms with E-state index >= 15 is 0 Å². The average Bonchev–Trinajstić information content (AvgIpc) is 2.04. The molecule has 0 radical (unpaired) electrons. The molecule has 0 spiro atoms. The second-order valence-electron chi connectivity index (χ2n) is 4.04. The first-order valence-corrected chi connectivity index (χ1v) is 4.86. The number of aliphatic hydroxyl groups is 1. The highest BCUT2D eigenvalue weighted by Gasteiger charge is 2.20. The van der Waals surface area contributed by atoms with Crippen LogP contribution in [0.5, 0.6) is 0 Å². The summed E-state index contributed by atoms with van der Waals surface area (Å²) in [6, 6.07) is 0. The van der Waals surface area contributed by atoms with Crippen LogP contribution in [-0.4, -0.2) is 23.9 Å². The molecule has 0 aliphatic heterocycles. The van der Waals surface area contributed by atoms with E-state index in [1.807, 2.05) is 19.9 Å². The number of hydrogen-bond donors (Lipinski definition) is 1. The molecule has 0 heterocycles. The molecule has 0 aliphatic carbocycles. The number of methoxy groups -OCH3 is 1. The molecular weight excluding hydrogens is 164 g/mol. The third-order valence-electron chi connectivity index (χ3n) is 2.23. The molecule has 0 aromatic carbocycles. The van der Waals surface area contributed by atoms with Gasteiger partial charge in [-0.3, -0.25) is 0 Å². The molecule has 78 valence electrons. The van der Waals surface area contributed by atoms with Crippen molar-refractivity contribution in [3.63, 3.8) is 0 Å². The largest absolute Gasteiger partial charge is 0.393 e. The Morgan fingerprint density at radius 2 is 2.15 bits per heavy atom. The Balaban J connectivity index is 3.60. The standard InChI is InChI=1S/C11H22O2/c1-5-6-7-8-10(12)9-11(2,3)13-4/h5,10,12H,1,6-9H2,2-4H3. The van der Waals surface area contributed by atoms with Crippen LogP contribution in [0.1, 0.15) is 39.5 Å². The quantitative estimate of drug-likeness (QED) is 0.489. The number of aliphatic hydroxyl groups excluding tert-OH is 1. The Hall–Kier alpha value is -0.340. The molecule has 0 aromatic rings. The number of rotatable bonds is 7. The summed E-state index contributed by atoms with van der Waals surface area (Å²) in [6.45, 7) is 7.62. The molecule has 0 bridgehead atoms. The second-order valence-corrected chi connectivity index (χ2v) is 4.04. The van der Waals surface area contributed by atoms with E-state index in [1.54, 1.807) is 7.11 Å². The Morgan fingerprint density at radius 3 is 2.62 bits per heavy atom. The lowest BCUT2D eigenvalue weighted by Crippen LogP contribution is -2.28. The average molecular weight is 186 g/mol. The predicted octanol–water partition coefficient (Wildman–Crippen LogP) is 2.52. The molecule has 2 heteroatoms. The Kier molecular flexibility index (Phi) is 6.00. The van der Waals surface area contributed by atoms with Crippen molar-refractivity contribution < 1.29 is 9.84 Å². The van der Waals surface area contributed by atoms with Gasteiger partial charge >= 0.3 is 0 Å². The zero-order valence-electron chi connectivity index (χ0n) is 9.05. The highest BCUT2D eigenvalue weighted by molar-refractivity contribution is 4.74. The van der Waals surface area contributed by atoms with Crippen LogP contribution < -0.4 is 0 Å². The van der Waals surface area contributed by atoms with Gasteiger partial charge in [0.05, 0.1) is 11.7 Å². The first-order valence-electron chi connectivity index (χ1n) is 4.86. The van der Waals surface area contributed by atoms with E-state index in [1.165, 1.54) is 0 Å². The van der Waals surface area contributed by atoms with E-state index in [9.17, 15) is 5.11 Å². The third kappa shape index (κ3) is 6.79. The van der Waals surface area contributed by atoms with Crippen LogP contribution in [-0.2, 0) is 4.74 Å². The van der Waals surface area contributed by atoms with Crippen LogP contribution in [0.4, 0.5) is 0 Å². The van der Waals surface area contributed by atoms with Crippen molar-refractivity contribution in [1.82, 2.24) is 0 Å². The second kappa shape index (κ2) is 6.17. The van der Waals surface area contributed by atoms with Gasteiger partial charge in [0.25, 0.3) is 0 Å². The highest BCUT2D eigenvalue weighted by Crippen LogP contribution is 2.18. The molecule has 13 heavy (non-hydrogen) atoms. The van der Waals surface area contributed by atoms with E-state index in [4.69, 9.17) is 4.74 Å². The number of hydrogen-bond acceptors (Lipinski definition) is 2. The van der Waals surface area contributed by atoms with Gasteiger partial charge in [-0.2, -0.15) is 0 Å². The normalized spacial score (nSPS) is 14.2. The fourth-order valence-electron chi connectivity index (χ4n) is 1.25. The number of ether oxygens (including phenoxy) is 1. The van der Waals surface area contributed by atoms with Gasteiger partial charge < -0.3 is 9.84 Å². The fourth-order valence-corrected chi connectivity index (χ4v) is 1.25. The molecule has 0 fully saturated rings. The zero-order valence-corrected chi connectivity index (χ0v) is 9.05. The molecule has 2 nitrogen and oxygen atoms in total. The van der Waals surface area contributed by atoms with Gasteiger partial charge in [0.2, 0.25) is 0 Å². The van der Waals surface area contributed by atoms with Gasteiger partial charge in [-0.15, -0.1) is 6.58 Å². The molecule has 0 amide bonds. The lowest BCUT2D eigenvalue weighted by atomic mass is 9.97. The molecular formula is C11H22O2. The molecule has 0 saturated heterocycles. The maximum atomic E-state index is 9.63. The minimum absolute atomic E-state index is 0.215. The third-order valence-corrected chi connectivity index (χ3v) is 2.23. The monoisotopic (exact) mass is 186 g/mol. The Bertz CT molecular complexity index is 141. The van der Waals surface area contributed by atoms with Gasteiger partial charge in [-0.25, -0.2) is 0 Å². The van der Waals surface area contributed by atoms with Gasteiger partial charge in [0.15, 0.2) is 0 Å². The van der Waals surface area contributed by atoms with Crippen LogP contribution in [0, 0.1) is 0 Å². The van der Waals surface area contributed by atoms with Crippen molar-refractivity contribution >= 4 is 0 Å². The molecule has 1 N–H and O–H groups in total.